The zero-order valence-corrected chi connectivity index (χ0v) is 12.6. The number of hydrogen-bond acceptors (Lipinski definition) is 5. The van der Waals surface area contributed by atoms with Gasteiger partial charge in [-0.1, -0.05) is 30.3 Å². The van der Waals surface area contributed by atoms with E-state index in [-0.39, 0.29) is 0 Å². The van der Waals surface area contributed by atoms with Crippen molar-refractivity contribution < 1.29 is 24.4 Å². The Kier molecular flexibility index (Phi) is 5.55. The molecule has 5 atom stereocenters. The van der Waals surface area contributed by atoms with Crippen LogP contribution in [0.4, 0.5) is 0 Å². The topological polar surface area (TPSA) is 68.2 Å². The number of ether oxygens (including phenoxy) is 3. The van der Waals surface area contributed by atoms with Crippen molar-refractivity contribution in [1.29, 1.82) is 0 Å². The van der Waals surface area contributed by atoms with Crippen LogP contribution in [-0.2, 0) is 20.8 Å². The fraction of sp³-hybridized carbons (Fsp3) is 0.538. The lowest BCUT2D eigenvalue weighted by Gasteiger charge is -2.39. The fourth-order valence-electron chi connectivity index (χ4n) is 1.95. The van der Waals surface area contributed by atoms with E-state index in [2.05, 4.69) is 0 Å². The van der Waals surface area contributed by atoms with E-state index >= 15 is 0 Å². The third-order valence-electron chi connectivity index (χ3n) is 3.00. The minimum Gasteiger partial charge on any atom is -0.387 e. The highest BCUT2D eigenvalue weighted by Crippen LogP contribution is 2.28. The SMILES string of the molecule is CO[C@@H]1OC(I)C(O)C(OCc2ccccc2)[C@@H]1O. The molecule has 1 aliphatic heterocycles. The zero-order chi connectivity index (χ0) is 13.8. The second-order valence-corrected chi connectivity index (χ2v) is 5.56. The fourth-order valence-corrected chi connectivity index (χ4v) is 2.65. The summed E-state index contributed by atoms with van der Waals surface area (Å²) in [7, 11) is 1.45. The first kappa shape index (κ1) is 15.1. The molecule has 6 heteroatoms. The first-order valence-corrected chi connectivity index (χ1v) is 7.22. The van der Waals surface area contributed by atoms with Crippen molar-refractivity contribution in [3.8, 4) is 0 Å². The number of methoxy groups -OCH3 is 1. The van der Waals surface area contributed by atoms with Gasteiger partial charge in [0.1, 0.15) is 22.4 Å². The van der Waals surface area contributed by atoms with Crippen LogP contribution in [0.2, 0.25) is 0 Å². The minimum absolute atomic E-state index is 0.319. The molecule has 0 radical (unpaired) electrons. The molecule has 0 bridgehead atoms. The van der Waals surface area contributed by atoms with Crippen LogP contribution >= 0.6 is 22.6 Å². The van der Waals surface area contributed by atoms with Crippen molar-refractivity contribution in [2.45, 2.75) is 35.3 Å². The Morgan fingerprint density at radius 1 is 1.21 bits per heavy atom. The second kappa shape index (κ2) is 6.96. The van der Waals surface area contributed by atoms with E-state index in [1.807, 2.05) is 52.9 Å². The lowest BCUT2D eigenvalue weighted by atomic mass is 10.1. The summed E-state index contributed by atoms with van der Waals surface area (Å²) in [6.07, 6.45) is -3.44. The second-order valence-electron chi connectivity index (χ2n) is 4.33. The molecular formula is C13H17IO5. The van der Waals surface area contributed by atoms with Gasteiger partial charge >= 0.3 is 0 Å². The molecule has 2 rings (SSSR count). The van der Waals surface area contributed by atoms with Gasteiger partial charge < -0.3 is 24.4 Å². The zero-order valence-electron chi connectivity index (χ0n) is 10.5. The first-order valence-electron chi connectivity index (χ1n) is 5.97. The Bertz CT molecular complexity index is 388. The number of benzene rings is 1. The van der Waals surface area contributed by atoms with E-state index in [4.69, 9.17) is 14.2 Å². The van der Waals surface area contributed by atoms with E-state index in [1.54, 1.807) is 0 Å². The molecule has 1 aliphatic rings. The Balaban J connectivity index is 2.00. The summed E-state index contributed by atoms with van der Waals surface area (Å²) in [4.78, 5) is 0. The van der Waals surface area contributed by atoms with Crippen molar-refractivity contribution in [1.82, 2.24) is 0 Å². The molecule has 5 nitrogen and oxygen atoms in total. The number of rotatable bonds is 4. The molecule has 0 aromatic heterocycles. The molecule has 3 unspecified atom stereocenters. The van der Waals surface area contributed by atoms with E-state index in [0.29, 0.717) is 6.61 Å². The van der Waals surface area contributed by atoms with E-state index < -0.39 is 28.7 Å². The van der Waals surface area contributed by atoms with Gasteiger partial charge in [0.15, 0.2) is 6.29 Å². The molecule has 0 amide bonds. The van der Waals surface area contributed by atoms with Gasteiger partial charge in [0, 0.05) is 7.11 Å². The van der Waals surface area contributed by atoms with Gasteiger partial charge in [-0.05, 0) is 28.2 Å². The maximum atomic E-state index is 10.1. The molecular weight excluding hydrogens is 363 g/mol. The van der Waals surface area contributed by atoms with Crippen molar-refractivity contribution in [2.24, 2.45) is 0 Å². The predicted octanol–water partition coefficient (Wildman–Crippen LogP) is 1.06. The average Bonchev–Trinajstić information content (AvgIpc) is 2.44. The van der Waals surface area contributed by atoms with Gasteiger partial charge in [-0.2, -0.15) is 0 Å². The van der Waals surface area contributed by atoms with Crippen LogP contribution in [0.1, 0.15) is 5.56 Å². The molecule has 1 fully saturated rings. The maximum absolute atomic E-state index is 10.1. The monoisotopic (exact) mass is 380 g/mol. The highest BCUT2D eigenvalue weighted by atomic mass is 127. The predicted molar refractivity (Wildman–Crippen MR) is 76.7 cm³/mol. The molecule has 106 valence electrons. The van der Waals surface area contributed by atoms with Crippen molar-refractivity contribution in [3.05, 3.63) is 35.9 Å². The van der Waals surface area contributed by atoms with Gasteiger partial charge in [-0.15, -0.1) is 0 Å². The molecule has 0 saturated carbocycles. The Hall–Kier alpha value is -0.250. The van der Waals surface area contributed by atoms with Crippen molar-refractivity contribution in [2.75, 3.05) is 7.11 Å². The normalized spacial score (nSPS) is 35.3. The van der Waals surface area contributed by atoms with Crippen LogP contribution < -0.4 is 0 Å². The largest absolute Gasteiger partial charge is 0.387 e. The number of hydrogen-bond donors (Lipinski definition) is 2. The first-order chi connectivity index (χ1) is 9.13. The number of alkyl halides is 1. The van der Waals surface area contributed by atoms with Gasteiger partial charge in [0.2, 0.25) is 0 Å². The highest BCUT2D eigenvalue weighted by Gasteiger charge is 2.44. The summed E-state index contributed by atoms with van der Waals surface area (Å²) in [6.45, 7) is 0.319. The Morgan fingerprint density at radius 3 is 2.53 bits per heavy atom. The van der Waals surface area contributed by atoms with Gasteiger partial charge in [0.25, 0.3) is 0 Å². The molecule has 2 N–H and O–H groups in total. The van der Waals surface area contributed by atoms with E-state index in [0.717, 1.165) is 5.56 Å². The van der Waals surface area contributed by atoms with E-state index in [9.17, 15) is 10.2 Å². The molecule has 1 heterocycles. The summed E-state index contributed by atoms with van der Waals surface area (Å²) in [5, 5.41) is 20.1. The average molecular weight is 380 g/mol. The third-order valence-corrected chi connectivity index (χ3v) is 4.03. The lowest BCUT2D eigenvalue weighted by molar-refractivity contribution is -0.277. The van der Waals surface area contributed by atoms with Crippen LogP contribution in [0.25, 0.3) is 0 Å². The standard InChI is InChI=1S/C13H17IO5/c1-17-13-10(16)11(9(15)12(14)19-13)18-7-8-5-3-2-4-6-8/h2-6,9-13,15-16H,7H2,1H3/t9?,10-,11?,12?,13+/m0/s1. The van der Waals surface area contributed by atoms with Crippen LogP contribution in [0.15, 0.2) is 30.3 Å². The highest BCUT2D eigenvalue weighted by molar-refractivity contribution is 14.1. The smallest absolute Gasteiger partial charge is 0.187 e. The molecule has 0 aliphatic carbocycles. The van der Waals surface area contributed by atoms with Gasteiger partial charge in [-0.3, -0.25) is 0 Å². The van der Waals surface area contributed by atoms with Crippen LogP contribution in [0.3, 0.4) is 0 Å². The molecule has 1 aromatic carbocycles. The van der Waals surface area contributed by atoms with E-state index in [1.165, 1.54) is 7.11 Å². The summed E-state index contributed by atoms with van der Waals surface area (Å²) < 4.78 is 15.5. The number of aliphatic hydroxyl groups excluding tert-OH is 2. The molecule has 0 spiro atoms. The van der Waals surface area contributed by atoms with Gasteiger partial charge in [0.05, 0.1) is 6.61 Å². The summed E-state index contributed by atoms with van der Waals surface area (Å²) in [5.41, 5.74) is 0.979. The quantitative estimate of drug-likeness (QED) is 0.604. The Labute approximate surface area is 125 Å². The third kappa shape index (κ3) is 3.65. The summed E-state index contributed by atoms with van der Waals surface area (Å²) >= 11 is 1.96. The van der Waals surface area contributed by atoms with Crippen molar-refractivity contribution in [3.63, 3.8) is 0 Å². The number of halogens is 1. The van der Waals surface area contributed by atoms with Crippen LogP contribution in [0, 0.1) is 0 Å². The summed E-state index contributed by atoms with van der Waals surface area (Å²) in [6, 6.07) is 9.59. The van der Waals surface area contributed by atoms with Crippen LogP contribution in [0.5, 0.6) is 0 Å². The Morgan fingerprint density at radius 2 is 1.89 bits per heavy atom. The van der Waals surface area contributed by atoms with Crippen LogP contribution in [-0.4, -0.2) is 46.0 Å². The maximum Gasteiger partial charge on any atom is 0.187 e. The molecule has 1 aromatic rings. The minimum atomic E-state index is -1.02. The van der Waals surface area contributed by atoms with Gasteiger partial charge in [-0.25, -0.2) is 0 Å². The molecule has 1 saturated heterocycles. The molecule has 19 heavy (non-hydrogen) atoms. The number of aliphatic hydroxyl groups is 2. The van der Waals surface area contributed by atoms with Crippen molar-refractivity contribution >= 4 is 22.6 Å². The summed E-state index contributed by atoms with van der Waals surface area (Å²) in [5.74, 6) is 0. The lowest BCUT2D eigenvalue weighted by Crippen LogP contribution is -2.57.